The van der Waals surface area contributed by atoms with Crippen molar-refractivity contribution in [3.05, 3.63) is 0 Å². The van der Waals surface area contributed by atoms with Crippen molar-refractivity contribution >= 4 is 23.6 Å². The SMILES string of the molecule is CSCC[C@H](NC(=O)C1CCCC1(C)C)C(=O)O. The molecule has 5 heteroatoms. The molecule has 1 aliphatic rings. The van der Waals surface area contributed by atoms with Crippen LogP contribution in [0, 0.1) is 11.3 Å². The smallest absolute Gasteiger partial charge is 0.326 e. The second kappa shape index (κ2) is 6.45. The first-order chi connectivity index (χ1) is 8.38. The van der Waals surface area contributed by atoms with Gasteiger partial charge in [0, 0.05) is 5.92 Å². The van der Waals surface area contributed by atoms with E-state index in [1.54, 1.807) is 11.8 Å². The largest absolute Gasteiger partial charge is 0.480 e. The van der Waals surface area contributed by atoms with Crippen molar-refractivity contribution < 1.29 is 14.7 Å². The Morgan fingerprint density at radius 1 is 1.50 bits per heavy atom. The van der Waals surface area contributed by atoms with Crippen LogP contribution < -0.4 is 5.32 Å². The van der Waals surface area contributed by atoms with Crippen molar-refractivity contribution in [2.45, 2.75) is 45.6 Å². The minimum Gasteiger partial charge on any atom is -0.480 e. The summed E-state index contributed by atoms with van der Waals surface area (Å²) in [4.78, 5) is 23.3. The van der Waals surface area contributed by atoms with Crippen molar-refractivity contribution in [3.8, 4) is 0 Å². The molecule has 0 aromatic carbocycles. The van der Waals surface area contributed by atoms with Crippen LogP contribution >= 0.6 is 11.8 Å². The Hall–Kier alpha value is -0.710. The zero-order chi connectivity index (χ0) is 13.8. The van der Waals surface area contributed by atoms with E-state index in [0.29, 0.717) is 6.42 Å². The van der Waals surface area contributed by atoms with E-state index in [2.05, 4.69) is 19.2 Å². The molecule has 1 fully saturated rings. The number of rotatable bonds is 6. The minimum absolute atomic E-state index is 0.00730. The summed E-state index contributed by atoms with van der Waals surface area (Å²) < 4.78 is 0. The number of aliphatic carboxylic acids is 1. The lowest BCUT2D eigenvalue weighted by Crippen LogP contribution is -2.46. The van der Waals surface area contributed by atoms with Crippen LogP contribution in [-0.2, 0) is 9.59 Å². The van der Waals surface area contributed by atoms with Crippen molar-refractivity contribution in [3.63, 3.8) is 0 Å². The number of carbonyl (C=O) groups excluding carboxylic acids is 1. The zero-order valence-electron chi connectivity index (χ0n) is 11.4. The van der Waals surface area contributed by atoms with Crippen LogP contribution in [0.25, 0.3) is 0 Å². The zero-order valence-corrected chi connectivity index (χ0v) is 12.2. The Morgan fingerprint density at radius 3 is 2.61 bits per heavy atom. The molecular weight excluding hydrogens is 250 g/mol. The standard InChI is InChI=1S/C13H23NO3S/c1-13(2)7-4-5-9(13)11(15)14-10(12(16)17)6-8-18-3/h9-10H,4-8H2,1-3H3,(H,14,15)(H,16,17)/t9?,10-/m0/s1. The third-order valence-corrected chi connectivity index (χ3v) is 4.44. The molecule has 2 N–H and O–H groups in total. The van der Waals surface area contributed by atoms with Gasteiger partial charge in [0.25, 0.3) is 0 Å². The fourth-order valence-corrected chi connectivity index (χ4v) is 3.05. The highest BCUT2D eigenvalue weighted by atomic mass is 32.2. The number of hydrogen-bond acceptors (Lipinski definition) is 3. The predicted molar refractivity (Wildman–Crippen MR) is 73.7 cm³/mol. The molecule has 0 spiro atoms. The quantitative estimate of drug-likeness (QED) is 0.778. The van der Waals surface area contributed by atoms with Crippen LogP contribution in [0.1, 0.15) is 39.5 Å². The lowest BCUT2D eigenvalue weighted by molar-refractivity contribution is -0.143. The van der Waals surface area contributed by atoms with Gasteiger partial charge in [0.05, 0.1) is 0 Å². The average Bonchev–Trinajstić information content (AvgIpc) is 2.63. The third kappa shape index (κ3) is 3.90. The highest BCUT2D eigenvalue weighted by molar-refractivity contribution is 7.98. The van der Waals surface area contributed by atoms with Crippen molar-refractivity contribution in [2.24, 2.45) is 11.3 Å². The summed E-state index contributed by atoms with van der Waals surface area (Å²) in [6, 6.07) is -0.749. The molecule has 0 aromatic heterocycles. The van der Waals surface area contributed by atoms with Gasteiger partial charge in [-0.25, -0.2) is 4.79 Å². The molecule has 104 valence electrons. The topological polar surface area (TPSA) is 66.4 Å². The number of hydrogen-bond donors (Lipinski definition) is 2. The summed E-state index contributed by atoms with van der Waals surface area (Å²) in [6.45, 7) is 4.17. The molecule has 18 heavy (non-hydrogen) atoms. The lowest BCUT2D eigenvalue weighted by Gasteiger charge is -2.27. The Morgan fingerprint density at radius 2 is 2.17 bits per heavy atom. The van der Waals surface area contributed by atoms with E-state index in [9.17, 15) is 9.59 Å². The van der Waals surface area contributed by atoms with Crippen molar-refractivity contribution in [1.29, 1.82) is 0 Å². The lowest BCUT2D eigenvalue weighted by atomic mass is 9.81. The Labute approximate surface area is 113 Å². The molecule has 0 aliphatic heterocycles. The highest BCUT2D eigenvalue weighted by Gasteiger charge is 2.40. The molecule has 1 amide bonds. The summed E-state index contributed by atoms with van der Waals surface area (Å²) in [5.41, 5.74) is -0.00730. The van der Waals surface area contributed by atoms with Crippen molar-refractivity contribution in [1.82, 2.24) is 5.32 Å². The van der Waals surface area contributed by atoms with E-state index in [0.717, 1.165) is 25.0 Å². The second-order valence-electron chi connectivity index (χ2n) is 5.61. The maximum Gasteiger partial charge on any atom is 0.326 e. The molecule has 0 saturated heterocycles. The van der Waals surface area contributed by atoms with Crippen LogP contribution in [0.3, 0.4) is 0 Å². The number of carboxylic acids is 1. The first kappa shape index (κ1) is 15.3. The number of thioether (sulfide) groups is 1. The number of nitrogens with one attached hydrogen (secondary N) is 1. The fourth-order valence-electron chi connectivity index (χ4n) is 2.58. The van der Waals surface area contributed by atoms with Gasteiger partial charge in [0.15, 0.2) is 0 Å². The molecule has 0 radical (unpaired) electrons. The van der Waals surface area contributed by atoms with E-state index >= 15 is 0 Å². The molecule has 4 nitrogen and oxygen atoms in total. The van der Waals surface area contributed by atoms with Gasteiger partial charge in [-0.15, -0.1) is 0 Å². The number of carbonyl (C=O) groups is 2. The monoisotopic (exact) mass is 273 g/mol. The minimum atomic E-state index is -0.937. The summed E-state index contributed by atoms with van der Waals surface area (Å²) >= 11 is 1.59. The van der Waals surface area contributed by atoms with Gasteiger partial charge < -0.3 is 10.4 Å². The molecule has 1 aliphatic carbocycles. The van der Waals surface area contributed by atoms with E-state index in [1.165, 1.54) is 0 Å². The molecule has 0 aromatic rings. The van der Waals surface area contributed by atoms with Gasteiger partial charge in [-0.1, -0.05) is 20.3 Å². The van der Waals surface area contributed by atoms with Crippen LogP contribution in [0.4, 0.5) is 0 Å². The van der Waals surface area contributed by atoms with Gasteiger partial charge in [-0.2, -0.15) is 11.8 Å². The van der Waals surface area contributed by atoms with Gasteiger partial charge >= 0.3 is 5.97 Å². The first-order valence-corrected chi connectivity index (χ1v) is 7.80. The number of carboxylic acid groups (broad SMARTS) is 1. The van der Waals surface area contributed by atoms with Crippen LogP contribution in [-0.4, -0.2) is 35.0 Å². The molecule has 0 heterocycles. The maximum absolute atomic E-state index is 12.2. The predicted octanol–water partition coefficient (Wildman–Crippen LogP) is 2.14. The number of amides is 1. The summed E-state index contributed by atoms with van der Waals surface area (Å²) in [5, 5.41) is 11.8. The van der Waals surface area contributed by atoms with E-state index in [4.69, 9.17) is 5.11 Å². The summed E-state index contributed by atoms with van der Waals surface area (Å²) in [5.74, 6) is -0.335. The summed E-state index contributed by atoms with van der Waals surface area (Å²) in [6.07, 6.45) is 5.37. The molecule has 1 rings (SSSR count). The van der Waals surface area contributed by atoms with Crippen molar-refractivity contribution in [2.75, 3.05) is 12.0 Å². The van der Waals surface area contributed by atoms with Crippen LogP contribution in [0.5, 0.6) is 0 Å². The molecular formula is C13H23NO3S. The van der Waals surface area contributed by atoms with E-state index in [1.807, 2.05) is 6.26 Å². The third-order valence-electron chi connectivity index (χ3n) is 3.80. The first-order valence-electron chi connectivity index (χ1n) is 6.40. The molecule has 1 unspecified atom stereocenters. The molecule has 2 atom stereocenters. The Kier molecular flexibility index (Phi) is 5.50. The Balaban J connectivity index is 2.58. The van der Waals surface area contributed by atoms with Gasteiger partial charge in [-0.05, 0) is 36.7 Å². The molecule has 0 bridgehead atoms. The average molecular weight is 273 g/mol. The second-order valence-corrected chi connectivity index (χ2v) is 6.60. The van der Waals surface area contributed by atoms with Gasteiger partial charge in [-0.3, -0.25) is 4.79 Å². The van der Waals surface area contributed by atoms with Gasteiger partial charge in [0.2, 0.25) is 5.91 Å². The summed E-state index contributed by atoms with van der Waals surface area (Å²) in [7, 11) is 0. The van der Waals surface area contributed by atoms with E-state index in [-0.39, 0.29) is 17.2 Å². The Bertz CT molecular complexity index is 317. The van der Waals surface area contributed by atoms with Gasteiger partial charge in [0.1, 0.15) is 6.04 Å². The van der Waals surface area contributed by atoms with Crippen LogP contribution in [0.2, 0.25) is 0 Å². The molecule has 1 saturated carbocycles. The normalized spacial score (nSPS) is 23.6. The fraction of sp³-hybridized carbons (Fsp3) is 0.846. The van der Waals surface area contributed by atoms with E-state index < -0.39 is 12.0 Å². The maximum atomic E-state index is 12.2. The highest BCUT2D eigenvalue weighted by Crippen LogP contribution is 2.42. The van der Waals surface area contributed by atoms with Crippen LogP contribution in [0.15, 0.2) is 0 Å².